The van der Waals surface area contributed by atoms with Gasteiger partial charge in [0.2, 0.25) is 11.8 Å². The number of hydrogen-bond acceptors (Lipinski definition) is 5. The number of fused-ring (bicyclic) bond motifs is 2. The summed E-state index contributed by atoms with van der Waals surface area (Å²) in [5.41, 5.74) is 1.50. The Morgan fingerprint density at radius 3 is 2.64 bits per heavy atom. The summed E-state index contributed by atoms with van der Waals surface area (Å²) in [4.78, 5) is 45.7. The molecule has 5 atom stereocenters. The maximum Gasteiger partial charge on any atom is 0.253 e. The number of amides is 3. The molecule has 4 heterocycles. The van der Waals surface area contributed by atoms with Crippen LogP contribution in [0.15, 0.2) is 42.5 Å². The van der Waals surface area contributed by atoms with Gasteiger partial charge in [-0.15, -0.1) is 0 Å². The third-order valence-electron chi connectivity index (χ3n) is 7.36. The number of carbonyl (C=O) groups excluding carboxylic acids is 3. The highest BCUT2D eigenvalue weighted by atomic mass is 16.5. The molecule has 1 spiro atoms. The average molecular weight is 452 g/mol. The summed E-state index contributed by atoms with van der Waals surface area (Å²) in [6, 6.07) is 4.97. The van der Waals surface area contributed by atoms with Crippen molar-refractivity contribution in [2.75, 3.05) is 38.2 Å². The largest absolute Gasteiger partial charge is 0.395 e. The van der Waals surface area contributed by atoms with Crippen LogP contribution in [0.1, 0.15) is 11.1 Å². The molecule has 4 aliphatic heterocycles. The van der Waals surface area contributed by atoms with Crippen molar-refractivity contribution >= 4 is 23.4 Å². The highest BCUT2D eigenvalue weighted by Gasteiger charge is 2.71. The summed E-state index contributed by atoms with van der Waals surface area (Å²) < 4.78 is 6.50. The zero-order chi connectivity index (χ0) is 23.5. The van der Waals surface area contributed by atoms with E-state index in [0.717, 1.165) is 16.8 Å². The van der Waals surface area contributed by atoms with Crippen LogP contribution in [0.3, 0.4) is 0 Å². The van der Waals surface area contributed by atoms with Crippen LogP contribution in [-0.2, 0) is 19.1 Å². The predicted octanol–water partition coefficient (Wildman–Crippen LogP) is 0.808. The van der Waals surface area contributed by atoms with E-state index < -0.39 is 29.6 Å². The van der Waals surface area contributed by atoms with Crippen LogP contribution in [0.4, 0.5) is 5.69 Å². The van der Waals surface area contributed by atoms with Crippen molar-refractivity contribution in [1.29, 1.82) is 0 Å². The third-order valence-corrected chi connectivity index (χ3v) is 7.36. The molecule has 174 valence electrons. The Morgan fingerprint density at radius 2 is 1.88 bits per heavy atom. The van der Waals surface area contributed by atoms with Crippen molar-refractivity contribution in [3.8, 4) is 0 Å². The lowest BCUT2D eigenvalue weighted by Gasteiger charge is -2.35. The molecule has 0 aromatic heterocycles. The monoisotopic (exact) mass is 451 g/mol. The second-order valence-corrected chi connectivity index (χ2v) is 9.39. The van der Waals surface area contributed by atoms with Crippen LogP contribution in [0.25, 0.3) is 0 Å². The lowest BCUT2D eigenvalue weighted by molar-refractivity contribution is -0.144. The number of ether oxygens (including phenoxy) is 1. The number of rotatable bonds is 3. The van der Waals surface area contributed by atoms with Crippen LogP contribution < -0.4 is 4.90 Å². The van der Waals surface area contributed by atoms with Crippen molar-refractivity contribution in [3.63, 3.8) is 0 Å². The van der Waals surface area contributed by atoms with Gasteiger partial charge in [0.1, 0.15) is 11.6 Å². The lowest BCUT2D eigenvalue weighted by atomic mass is 9.77. The van der Waals surface area contributed by atoms with E-state index in [1.54, 1.807) is 16.8 Å². The summed E-state index contributed by atoms with van der Waals surface area (Å²) in [5, 5.41) is 9.72. The van der Waals surface area contributed by atoms with Crippen LogP contribution in [0.2, 0.25) is 0 Å². The number of aliphatic hydroxyl groups excluding tert-OH is 1. The smallest absolute Gasteiger partial charge is 0.253 e. The normalized spacial score (nSPS) is 33.2. The highest BCUT2D eigenvalue weighted by molar-refractivity contribution is 6.06. The van der Waals surface area contributed by atoms with Crippen LogP contribution >= 0.6 is 0 Å². The number of nitrogens with zero attached hydrogens (tertiary/aromatic N) is 3. The zero-order valence-electron chi connectivity index (χ0n) is 19.1. The Hall–Kier alpha value is -2.97. The fraction of sp³-hybridized carbons (Fsp3) is 0.480. The first kappa shape index (κ1) is 21.9. The number of likely N-dealkylation sites (tertiary alicyclic amines) is 1. The van der Waals surface area contributed by atoms with E-state index in [2.05, 4.69) is 0 Å². The number of hydrogen-bond donors (Lipinski definition) is 1. The number of benzene rings is 1. The molecule has 1 aromatic carbocycles. The number of β-amino-alcohol motifs (C(OH)–C–C–N with tert-alkyl or cyclic N) is 1. The quantitative estimate of drug-likeness (QED) is 0.687. The van der Waals surface area contributed by atoms with E-state index in [1.165, 1.54) is 4.90 Å². The minimum Gasteiger partial charge on any atom is -0.395 e. The lowest BCUT2D eigenvalue weighted by Crippen LogP contribution is -2.55. The first-order valence-electron chi connectivity index (χ1n) is 11.4. The second kappa shape index (κ2) is 7.81. The van der Waals surface area contributed by atoms with Gasteiger partial charge >= 0.3 is 0 Å². The van der Waals surface area contributed by atoms with E-state index in [0.29, 0.717) is 13.1 Å². The van der Waals surface area contributed by atoms with E-state index in [4.69, 9.17) is 4.74 Å². The van der Waals surface area contributed by atoms with Crippen LogP contribution in [0, 0.1) is 25.7 Å². The minimum absolute atomic E-state index is 0.00256. The Balaban J connectivity index is 1.64. The Bertz CT molecular complexity index is 1080. The Morgan fingerprint density at radius 1 is 1.09 bits per heavy atom. The van der Waals surface area contributed by atoms with Crippen molar-refractivity contribution < 1.29 is 24.2 Å². The zero-order valence-corrected chi connectivity index (χ0v) is 19.1. The summed E-state index contributed by atoms with van der Waals surface area (Å²) >= 11 is 0. The number of aliphatic hydroxyl groups is 1. The van der Waals surface area contributed by atoms with Crippen LogP contribution in [0.5, 0.6) is 0 Å². The molecule has 4 aliphatic rings. The molecule has 0 aliphatic carbocycles. The average Bonchev–Trinajstić information content (AvgIpc) is 3.10. The number of likely N-dealkylation sites (N-methyl/N-ethyl adjacent to an activating group) is 1. The molecule has 1 unspecified atom stereocenters. The first-order chi connectivity index (χ1) is 15.8. The fourth-order valence-electron chi connectivity index (χ4n) is 5.84. The van der Waals surface area contributed by atoms with Crippen molar-refractivity contribution in [2.45, 2.75) is 31.6 Å². The van der Waals surface area contributed by atoms with Gasteiger partial charge in [0, 0.05) is 32.4 Å². The van der Waals surface area contributed by atoms with E-state index in [1.807, 2.05) is 56.4 Å². The number of carbonyl (C=O) groups is 3. The molecule has 2 fully saturated rings. The molecular formula is C25H29N3O5. The van der Waals surface area contributed by atoms with Crippen molar-refractivity contribution in [2.24, 2.45) is 11.8 Å². The molecule has 3 amide bonds. The summed E-state index contributed by atoms with van der Waals surface area (Å²) in [5.74, 6) is -2.28. The SMILES string of the molecule is Cc1ccc(C)c(N2CC=C[C@]34O[C@H]5C=CCN(C)C(=O)[C@H]5[C@H]3C(=O)N(CCO)C4C2=O)c1. The van der Waals surface area contributed by atoms with E-state index in [9.17, 15) is 19.5 Å². The second-order valence-electron chi connectivity index (χ2n) is 9.39. The van der Waals surface area contributed by atoms with E-state index in [-0.39, 0.29) is 30.9 Å². The predicted molar refractivity (Wildman–Crippen MR) is 121 cm³/mol. The van der Waals surface area contributed by atoms with Gasteiger partial charge in [0.25, 0.3) is 5.91 Å². The molecular weight excluding hydrogens is 422 g/mol. The molecule has 33 heavy (non-hydrogen) atoms. The van der Waals surface area contributed by atoms with Gasteiger partial charge < -0.3 is 24.5 Å². The standard InChI is InChI=1S/C25H29N3O5/c1-15-7-8-16(2)17(14-15)27-11-5-9-25-20(23(31)28(12-13-29)21(25)24(27)32)19-18(33-25)6-4-10-26(3)22(19)30/h4-9,14,18-21,29H,10-13H2,1-3H3/t18-,19+,20-,21?,25-/m0/s1. The molecule has 0 saturated carbocycles. The van der Waals surface area contributed by atoms with Gasteiger partial charge in [-0.05, 0) is 31.0 Å². The summed E-state index contributed by atoms with van der Waals surface area (Å²) in [6.45, 7) is 4.41. The highest BCUT2D eigenvalue weighted by Crippen LogP contribution is 2.53. The van der Waals surface area contributed by atoms with Gasteiger partial charge in [-0.25, -0.2) is 0 Å². The first-order valence-corrected chi connectivity index (χ1v) is 11.4. The molecule has 0 radical (unpaired) electrons. The minimum atomic E-state index is -1.26. The summed E-state index contributed by atoms with van der Waals surface area (Å²) in [6.07, 6.45) is 6.81. The Labute approximate surface area is 193 Å². The topological polar surface area (TPSA) is 90.4 Å². The van der Waals surface area contributed by atoms with Crippen LogP contribution in [-0.4, -0.2) is 83.7 Å². The molecule has 5 rings (SSSR count). The third kappa shape index (κ3) is 3.08. The molecule has 1 aromatic rings. The molecule has 2 saturated heterocycles. The van der Waals surface area contributed by atoms with Gasteiger partial charge in [-0.1, -0.05) is 36.4 Å². The van der Waals surface area contributed by atoms with Gasteiger partial charge in [-0.3, -0.25) is 14.4 Å². The number of anilines is 1. The summed E-state index contributed by atoms with van der Waals surface area (Å²) in [7, 11) is 1.71. The Kier molecular flexibility index (Phi) is 5.17. The maximum absolute atomic E-state index is 14.1. The molecule has 8 nitrogen and oxygen atoms in total. The molecule has 0 bridgehead atoms. The van der Waals surface area contributed by atoms with Crippen molar-refractivity contribution in [3.05, 3.63) is 53.6 Å². The maximum atomic E-state index is 14.1. The fourth-order valence-corrected chi connectivity index (χ4v) is 5.84. The van der Waals surface area contributed by atoms with E-state index >= 15 is 0 Å². The number of aryl methyl sites for hydroxylation is 2. The van der Waals surface area contributed by atoms with Gasteiger partial charge in [0.15, 0.2) is 0 Å². The molecule has 8 heteroatoms. The van der Waals surface area contributed by atoms with Gasteiger partial charge in [-0.2, -0.15) is 0 Å². The van der Waals surface area contributed by atoms with Crippen molar-refractivity contribution in [1.82, 2.24) is 9.80 Å². The molecule has 1 N–H and O–H groups in total. The van der Waals surface area contributed by atoms with Gasteiger partial charge in [0.05, 0.1) is 24.5 Å².